The smallest absolute Gasteiger partial charge is 0.231 e. The lowest BCUT2D eigenvalue weighted by Gasteiger charge is -2.20. The Hall–Kier alpha value is -3.42. The number of thioether (sulfide) groups is 1. The molecule has 3 aromatic carbocycles. The SMILES string of the molecule is O=C(CSc1nnc(CN2CCCC2)n1-c1ccccc1)NC(c1ccccc1)c1ccccc1. The van der Waals surface area contributed by atoms with E-state index in [2.05, 4.69) is 37.1 Å². The van der Waals surface area contributed by atoms with Gasteiger partial charge < -0.3 is 5.32 Å². The number of rotatable bonds is 9. The van der Waals surface area contributed by atoms with Crippen molar-refractivity contribution in [2.45, 2.75) is 30.6 Å². The summed E-state index contributed by atoms with van der Waals surface area (Å²) in [5.41, 5.74) is 3.12. The summed E-state index contributed by atoms with van der Waals surface area (Å²) in [5.74, 6) is 1.12. The van der Waals surface area contributed by atoms with Crippen LogP contribution in [0.4, 0.5) is 0 Å². The highest BCUT2D eigenvalue weighted by atomic mass is 32.2. The number of carbonyl (C=O) groups is 1. The van der Waals surface area contributed by atoms with E-state index in [1.807, 2.05) is 78.9 Å². The third kappa shape index (κ3) is 5.81. The molecular formula is C28H29N5OS. The molecule has 6 nitrogen and oxygen atoms in total. The Morgan fingerprint density at radius 2 is 1.40 bits per heavy atom. The Labute approximate surface area is 210 Å². The normalized spacial score (nSPS) is 13.9. The van der Waals surface area contributed by atoms with Gasteiger partial charge in [0.2, 0.25) is 5.91 Å². The average molecular weight is 484 g/mol. The number of hydrogen-bond acceptors (Lipinski definition) is 5. The highest BCUT2D eigenvalue weighted by Crippen LogP contribution is 2.25. The second kappa shape index (κ2) is 11.3. The van der Waals surface area contributed by atoms with Crippen molar-refractivity contribution in [3.63, 3.8) is 0 Å². The Kier molecular flexibility index (Phi) is 7.56. The summed E-state index contributed by atoms with van der Waals surface area (Å²) in [5, 5.41) is 12.9. The van der Waals surface area contributed by atoms with Crippen molar-refractivity contribution < 1.29 is 4.79 Å². The van der Waals surface area contributed by atoms with Crippen molar-refractivity contribution in [1.82, 2.24) is 25.0 Å². The molecule has 1 fully saturated rings. The minimum Gasteiger partial charge on any atom is -0.344 e. The average Bonchev–Trinajstić information content (AvgIpc) is 3.58. The number of nitrogens with one attached hydrogen (secondary N) is 1. The van der Waals surface area contributed by atoms with Crippen LogP contribution in [0.5, 0.6) is 0 Å². The van der Waals surface area contributed by atoms with Crippen LogP contribution in [-0.4, -0.2) is 44.4 Å². The molecule has 0 atom stereocenters. The van der Waals surface area contributed by atoms with Crippen LogP contribution in [0.2, 0.25) is 0 Å². The van der Waals surface area contributed by atoms with Crippen LogP contribution in [-0.2, 0) is 11.3 Å². The van der Waals surface area contributed by atoms with Gasteiger partial charge >= 0.3 is 0 Å². The molecule has 1 aliphatic rings. The lowest BCUT2D eigenvalue weighted by Crippen LogP contribution is -2.30. The van der Waals surface area contributed by atoms with Crippen LogP contribution >= 0.6 is 11.8 Å². The Morgan fingerprint density at radius 3 is 2.00 bits per heavy atom. The maximum Gasteiger partial charge on any atom is 0.231 e. The first kappa shape index (κ1) is 23.3. The van der Waals surface area contributed by atoms with Crippen LogP contribution < -0.4 is 5.32 Å². The highest BCUT2D eigenvalue weighted by Gasteiger charge is 2.21. The maximum absolute atomic E-state index is 13.1. The van der Waals surface area contributed by atoms with Crippen molar-refractivity contribution in [1.29, 1.82) is 0 Å². The quantitative estimate of drug-likeness (QED) is 0.345. The summed E-state index contributed by atoms with van der Waals surface area (Å²) in [7, 11) is 0. The van der Waals surface area contributed by atoms with E-state index < -0.39 is 0 Å². The molecule has 1 N–H and O–H groups in total. The topological polar surface area (TPSA) is 63.1 Å². The molecule has 0 saturated carbocycles. The summed E-state index contributed by atoms with van der Waals surface area (Å²) in [6, 6.07) is 30.1. The van der Waals surface area contributed by atoms with E-state index in [0.29, 0.717) is 0 Å². The first-order chi connectivity index (χ1) is 17.3. The lowest BCUT2D eigenvalue weighted by molar-refractivity contribution is -0.119. The molecule has 178 valence electrons. The molecule has 0 unspecified atom stereocenters. The second-order valence-electron chi connectivity index (χ2n) is 8.66. The minimum atomic E-state index is -0.205. The standard InChI is InChI=1S/C28H29N5OS/c34-26(29-27(22-12-4-1-5-13-22)23-14-6-2-7-15-23)21-35-28-31-30-25(20-32-18-10-11-19-32)33(28)24-16-8-3-9-17-24/h1-9,12-17,27H,10-11,18-21H2,(H,29,34). The molecule has 5 rings (SSSR count). The predicted molar refractivity (Wildman–Crippen MR) is 139 cm³/mol. The molecule has 35 heavy (non-hydrogen) atoms. The van der Waals surface area contributed by atoms with Gasteiger partial charge in [-0.25, -0.2) is 0 Å². The Bertz CT molecular complexity index is 1180. The fourth-order valence-electron chi connectivity index (χ4n) is 4.46. The minimum absolute atomic E-state index is 0.0450. The van der Waals surface area contributed by atoms with Gasteiger partial charge in [-0.2, -0.15) is 0 Å². The number of aromatic nitrogens is 3. The zero-order chi connectivity index (χ0) is 23.9. The van der Waals surface area contributed by atoms with Crippen LogP contribution in [0.1, 0.15) is 35.8 Å². The monoisotopic (exact) mass is 483 g/mol. The Morgan fingerprint density at radius 1 is 0.829 bits per heavy atom. The number of amides is 1. The first-order valence-corrected chi connectivity index (χ1v) is 13.0. The Balaban J connectivity index is 1.33. The molecule has 1 amide bonds. The summed E-state index contributed by atoms with van der Waals surface area (Å²) in [6.07, 6.45) is 2.45. The number of hydrogen-bond donors (Lipinski definition) is 1. The molecule has 1 saturated heterocycles. The van der Waals surface area contributed by atoms with Crippen LogP contribution in [0, 0.1) is 0 Å². The van der Waals surface area contributed by atoms with Crippen molar-refractivity contribution in [2.75, 3.05) is 18.8 Å². The van der Waals surface area contributed by atoms with E-state index in [1.54, 1.807) is 0 Å². The zero-order valence-corrected chi connectivity index (χ0v) is 20.4. The highest BCUT2D eigenvalue weighted by molar-refractivity contribution is 7.99. The van der Waals surface area contributed by atoms with Crippen molar-refractivity contribution in [2.24, 2.45) is 0 Å². The molecule has 0 spiro atoms. The van der Waals surface area contributed by atoms with Crippen molar-refractivity contribution in [3.05, 3.63) is 108 Å². The largest absolute Gasteiger partial charge is 0.344 e. The zero-order valence-electron chi connectivity index (χ0n) is 19.6. The summed E-state index contributed by atoms with van der Waals surface area (Å²) in [6.45, 7) is 2.94. The third-order valence-electron chi connectivity index (χ3n) is 6.18. The van der Waals surface area contributed by atoms with Crippen LogP contribution in [0.15, 0.2) is 96.2 Å². The molecule has 4 aromatic rings. The lowest BCUT2D eigenvalue weighted by atomic mass is 9.99. The van der Waals surface area contributed by atoms with Crippen LogP contribution in [0.25, 0.3) is 5.69 Å². The molecule has 1 aliphatic heterocycles. The second-order valence-corrected chi connectivity index (χ2v) is 9.61. The fraction of sp³-hybridized carbons (Fsp3) is 0.250. The molecule has 0 radical (unpaired) electrons. The van der Waals surface area contributed by atoms with Gasteiger partial charge in [0, 0.05) is 5.69 Å². The molecule has 1 aromatic heterocycles. The van der Waals surface area contributed by atoms with E-state index in [0.717, 1.165) is 47.4 Å². The summed E-state index contributed by atoms with van der Waals surface area (Å²) >= 11 is 1.42. The maximum atomic E-state index is 13.1. The van der Waals surface area contributed by atoms with Gasteiger partial charge in [0.25, 0.3) is 0 Å². The summed E-state index contributed by atoms with van der Waals surface area (Å²) in [4.78, 5) is 15.5. The van der Waals surface area contributed by atoms with E-state index >= 15 is 0 Å². The van der Waals surface area contributed by atoms with Gasteiger partial charge in [-0.3, -0.25) is 14.3 Å². The van der Waals surface area contributed by atoms with Gasteiger partial charge in [-0.1, -0.05) is 90.6 Å². The van der Waals surface area contributed by atoms with Crippen molar-refractivity contribution in [3.8, 4) is 5.69 Å². The van der Waals surface area contributed by atoms with E-state index in [4.69, 9.17) is 0 Å². The van der Waals surface area contributed by atoms with Crippen LogP contribution in [0.3, 0.4) is 0 Å². The molecule has 0 aliphatic carbocycles. The van der Waals surface area contributed by atoms with E-state index in [1.165, 1.54) is 24.6 Å². The van der Waals surface area contributed by atoms with Gasteiger partial charge in [-0.05, 0) is 49.2 Å². The van der Waals surface area contributed by atoms with E-state index in [-0.39, 0.29) is 17.7 Å². The first-order valence-electron chi connectivity index (χ1n) is 12.0. The third-order valence-corrected chi connectivity index (χ3v) is 7.11. The number of nitrogens with zero attached hydrogens (tertiary/aromatic N) is 4. The van der Waals surface area contributed by atoms with Gasteiger partial charge in [0.05, 0.1) is 18.3 Å². The van der Waals surface area contributed by atoms with Gasteiger partial charge in [0.15, 0.2) is 11.0 Å². The molecular weight excluding hydrogens is 454 g/mol. The molecule has 0 bridgehead atoms. The number of benzene rings is 3. The van der Waals surface area contributed by atoms with Gasteiger partial charge in [0.1, 0.15) is 0 Å². The van der Waals surface area contributed by atoms with E-state index in [9.17, 15) is 4.79 Å². The number of carbonyl (C=O) groups excluding carboxylic acids is 1. The molecule has 7 heteroatoms. The number of para-hydroxylation sites is 1. The molecule has 2 heterocycles. The predicted octanol–water partition coefficient (Wildman–Crippen LogP) is 4.86. The number of likely N-dealkylation sites (tertiary alicyclic amines) is 1. The van der Waals surface area contributed by atoms with Crippen molar-refractivity contribution >= 4 is 17.7 Å². The fourth-order valence-corrected chi connectivity index (χ4v) is 5.24. The van der Waals surface area contributed by atoms with Gasteiger partial charge in [-0.15, -0.1) is 10.2 Å². The summed E-state index contributed by atoms with van der Waals surface area (Å²) < 4.78 is 2.09.